The van der Waals surface area contributed by atoms with Crippen LogP contribution in [0.2, 0.25) is 0 Å². The molecule has 0 aromatic heterocycles. The number of benzene rings is 1. The van der Waals surface area contributed by atoms with Gasteiger partial charge in [0, 0.05) is 24.7 Å². The summed E-state index contributed by atoms with van der Waals surface area (Å²) in [4.78, 5) is 2.32. The lowest BCUT2D eigenvalue weighted by Crippen LogP contribution is -2.38. The topological polar surface area (TPSA) is 23.5 Å². The van der Waals surface area contributed by atoms with Crippen molar-refractivity contribution in [2.75, 3.05) is 25.1 Å². The molecule has 1 aromatic rings. The van der Waals surface area contributed by atoms with Crippen molar-refractivity contribution in [1.29, 1.82) is 0 Å². The van der Waals surface area contributed by atoms with Crippen molar-refractivity contribution in [2.24, 2.45) is 5.41 Å². The monoisotopic (exact) mass is 275 g/mol. The molecule has 0 bridgehead atoms. The highest BCUT2D eigenvalue weighted by molar-refractivity contribution is 5.47. The van der Waals surface area contributed by atoms with Gasteiger partial charge in [0.15, 0.2) is 0 Å². The highest BCUT2D eigenvalue weighted by atomic mass is 16.3. The van der Waals surface area contributed by atoms with Crippen LogP contribution in [0.25, 0.3) is 0 Å². The predicted octanol–water partition coefficient (Wildman–Crippen LogP) is 4.02. The molecule has 2 nitrogen and oxygen atoms in total. The zero-order valence-electron chi connectivity index (χ0n) is 13.1. The van der Waals surface area contributed by atoms with Crippen LogP contribution in [-0.2, 0) is 6.42 Å². The fourth-order valence-electron chi connectivity index (χ4n) is 3.43. The predicted molar refractivity (Wildman–Crippen MR) is 86.3 cm³/mol. The summed E-state index contributed by atoms with van der Waals surface area (Å²) in [6, 6.07) is 8.84. The van der Waals surface area contributed by atoms with Gasteiger partial charge in [-0.05, 0) is 37.0 Å². The first-order chi connectivity index (χ1) is 9.69. The molecule has 1 aromatic carbocycles. The van der Waals surface area contributed by atoms with Crippen LogP contribution in [0.5, 0.6) is 0 Å². The van der Waals surface area contributed by atoms with Crippen molar-refractivity contribution in [3.05, 3.63) is 29.8 Å². The Bertz CT molecular complexity index is 390. The molecule has 1 saturated carbocycles. The largest absolute Gasteiger partial charge is 0.396 e. The molecule has 0 spiro atoms. The Morgan fingerprint density at radius 1 is 1.05 bits per heavy atom. The molecular weight excluding hydrogens is 246 g/mol. The molecule has 1 fully saturated rings. The molecule has 112 valence electrons. The number of aryl methyl sites for hydroxylation is 1. The Morgan fingerprint density at radius 3 is 2.15 bits per heavy atom. The number of hydrogen-bond acceptors (Lipinski definition) is 2. The molecule has 2 rings (SSSR count). The van der Waals surface area contributed by atoms with Crippen LogP contribution in [0.3, 0.4) is 0 Å². The van der Waals surface area contributed by atoms with Crippen LogP contribution in [-0.4, -0.2) is 25.3 Å². The Morgan fingerprint density at radius 2 is 1.65 bits per heavy atom. The van der Waals surface area contributed by atoms with Gasteiger partial charge in [-0.2, -0.15) is 0 Å². The van der Waals surface area contributed by atoms with Crippen molar-refractivity contribution < 1.29 is 5.11 Å². The Balaban J connectivity index is 2.05. The average Bonchev–Trinajstić information content (AvgIpc) is 2.73. The summed E-state index contributed by atoms with van der Waals surface area (Å²) in [5.74, 6) is 0. The molecule has 0 atom stereocenters. The molecule has 0 heterocycles. The molecule has 0 unspecified atom stereocenters. The first-order valence-electron chi connectivity index (χ1n) is 8.10. The summed E-state index contributed by atoms with van der Waals surface area (Å²) in [5.41, 5.74) is 2.75. The van der Waals surface area contributed by atoms with Crippen LogP contribution in [0.15, 0.2) is 24.3 Å². The van der Waals surface area contributed by atoms with Gasteiger partial charge < -0.3 is 10.0 Å². The maximum absolute atomic E-state index is 9.92. The van der Waals surface area contributed by atoms with E-state index in [4.69, 9.17) is 0 Å². The molecule has 0 amide bonds. The van der Waals surface area contributed by atoms with Gasteiger partial charge in [0.05, 0.1) is 6.61 Å². The molecule has 2 heteroatoms. The standard InChI is InChI=1S/C18H29NO/c1-3-16-8-10-17(11-9-16)19(2)14-18(15-20)12-6-4-5-7-13-18/h8-11,20H,3-7,12-15H2,1-2H3. The number of rotatable bonds is 5. The lowest BCUT2D eigenvalue weighted by Gasteiger charge is -2.36. The first-order valence-corrected chi connectivity index (χ1v) is 8.10. The van der Waals surface area contributed by atoms with Gasteiger partial charge in [-0.15, -0.1) is 0 Å². The minimum atomic E-state index is 0.106. The van der Waals surface area contributed by atoms with Gasteiger partial charge in [-0.1, -0.05) is 44.7 Å². The highest BCUT2D eigenvalue weighted by Crippen LogP contribution is 2.36. The fourth-order valence-corrected chi connectivity index (χ4v) is 3.43. The van der Waals surface area contributed by atoms with Crippen LogP contribution in [0.4, 0.5) is 5.69 Å². The van der Waals surface area contributed by atoms with Crippen LogP contribution in [0, 0.1) is 5.41 Å². The van der Waals surface area contributed by atoms with E-state index in [1.807, 2.05) is 0 Å². The van der Waals surface area contributed by atoms with Gasteiger partial charge >= 0.3 is 0 Å². The number of nitrogens with zero attached hydrogens (tertiary/aromatic N) is 1. The molecule has 1 N–H and O–H groups in total. The van der Waals surface area contributed by atoms with Gasteiger partial charge in [0.25, 0.3) is 0 Å². The lowest BCUT2D eigenvalue weighted by atomic mass is 9.80. The summed E-state index contributed by atoms with van der Waals surface area (Å²) in [7, 11) is 2.16. The summed E-state index contributed by atoms with van der Waals surface area (Å²) in [6.45, 7) is 3.48. The zero-order valence-corrected chi connectivity index (χ0v) is 13.1. The van der Waals surface area contributed by atoms with Crippen molar-refractivity contribution in [1.82, 2.24) is 0 Å². The van der Waals surface area contributed by atoms with E-state index in [9.17, 15) is 5.11 Å². The second-order valence-electron chi connectivity index (χ2n) is 6.45. The Hall–Kier alpha value is -1.02. The van der Waals surface area contributed by atoms with Gasteiger partial charge in [-0.3, -0.25) is 0 Å². The number of anilines is 1. The smallest absolute Gasteiger partial charge is 0.0504 e. The quantitative estimate of drug-likeness (QED) is 0.820. The highest BCUT2D eigenvalue weighted by Gasteiger charge is 2.31. The third kappa shape index (κ3) is 3.76. The third-order valence-corrected chi connectivity index (χ3v) is 4.86. The Labute approximate surface area is 123 Å². The van der Waals surface area contributed by atoms with Gasteiger partial charge in [-0.25, -0.2) is 0 Å². The minimum Gasteiger partial charge on any atom is -0.396 e. The molecule has 20 heavy (non-hydrogen) atoms. The van der Waals surface area contributed by atoms with Gasteiger partial charge in [0.2, 0.25) is 0 Å². The van der Waals surface area contributed by atoms with E-state index in [0.29, 0.717) is 6.61 Å². The van der Waals surface area contributed by atoms with Crippen LogP contribution in [0.1, 0.15) is 51.0 Å². The average molecular weight is 275 g/mol. The molecule has 0 saturated heterocycles. The summed E-state index contributed by atoms with van der Waals surface area (Å²) >= 11 is 0. The van der Waals surface area contributed by atoms with Crippen molar-refractivity contribution in [3.8, 4) is 0 Å². The van der Waals surface area contributed by atoms with E-state index in [1.165, 1.54) is 49.8 Å². The molecule has 1 aliphatic carbocycles. The Kier molecular flexibility index (Phi) is 5.47. The van der Waals surface area contributed by atoms with E-state index in [2.05, 4.69) is 43.1 Å². The molecule has 1 aliphatic rings. The zero-order chi connectivity index (χ0) is 14.4. The normalized spacial score (nSPS) is 18.6. The third-order valence-electron chi connectivity index (χ3n) is 4.86. The number of hydrogen-bond donors (Lipinski definition) is 1. The van der Waals surface area contributed by atoms with Crippen molar-refractivity contribution in [3.63, 3.8) is 0 Å². The van der Waals surface area contributed by atoms with E-state index in [-0.39, 0.29) is 5.41 Å². The first kappa shape index (κ1) is 15.4. The van der Waals surface area contributed by atoms with Crippen LogP contribution >= 0.6 is 0 Å². The lowest BCUT2D eigenvalue weighted by molar-refractivity contribution is 0.113. The van der Waals surface area contributed by atoms with E-state index in [0.717, 1.165) is 13.0 Å². The van der Waals surface area contributed by atoms with Crippen LogP contribution < -0.4 is 4.90 Å². The summed E-state index contributed by atoms with van der Waals surface area (Å²) in [5, 5.41) is 9.92. The van der Waals surface area contributed by atoms with E-state index >= 15 is 0 Å². The SMILES string of the molecule is CCc1ccc(N(C)CC2(CO)CCCCCC2)cc1. The number of aliphatic hydroxyl groups is 1. The fraction of sp³-hybridized carbons (Fsp3) is 0.667. The molecule has 0 radical (unpaired) electrons. The maximum atomic E-state index is 9.92. The summed E-state index contributed by atoms with van der Waals surface area (Å²) in [6.07, 6.45) is 8.62. The number of aliphatic hydroxyl groups excluding tert-OH is 1. The second-order valence-corrected chi connectivity index (χ2v) is 6.45. The second kappa shape index (κ2) is 7.12. The summed E-state index contributed by atoms with van der Waals surface area (Å²) < 4.78 is 0. The molecule has 0 aliphatic heterocycles. The minimum absolute atomic E-state index is 0.106. The molecular formula is C18H29NO. The van der Waals surface area contributed by atoms with Crippen molar-refractivity contribution >= 4 is 5.69 Å². The van der Waals surface area contributed by atoms with Crippen molar-refractivity contribution in [2.45, 2.75) is 51.9 Å². The van der Waals surface area contributed by atoms with Gasteiger partial charge in [0.1, 0.15) is 0 Å². The van der Waals surface area contributed by atoms with E-state index < -0.39 is 0 Å². The maximum Gasteiger partial charge on any atom is 0.0504 e. The van der Waals surface area contributed by atoms with E-state index in [1.54, 1.807) is 0 Å².